The van der Waals surface area contributed by atoms with Gasteiger partial charge in [0.1, 0.15) is 30.1 Å². The van der Waals surface area contributed by atoms with Gasteiger partial charge >= 0.3 is 0 Å². The van der Waals surface area contributed by atoms with Crippen molar-refractivity contribution >= 4 is 16.7 Å². The number of furan rings is 1. The molecule has 7 heteroatoms. The first-order chi connectivity index (χ1) is 13.7. The van der Waals surface area contributed by atoms with Crippen LogP contribution in [0.4, 0.5) is 0 Å². The maximum atomic E-state index is 5.79. The Balaban J connectivity index is 1.55. The number of ether oxygens (including phenoxy) is 1. The van der Waals surface area contributed by atoms with Gasteiger partial charge in [-0.25, -0.2) is 14.5 Å². The second kappa shape index (κ2) is 6.53. The zero-order valence-corrected chi connectivity index (χ0v) is 15.7. The third-order valence-electron chi connectivity index (χ3n) is 5.00. The van der Waals surface area contributed by atoms with Crippen LogP contribution in [0.1, 0.15) is 22.8 Å². The third kappa shape index (κ3) is 2.72. The van der Waals surface area contributed by atoms with Gasteiger partial charge in [0.15, 0.2) is 11.5 Å². The minimum absolute atomic E-state index is 0.304. The lowest BCUT2D eigenvalue weighted by Crippen LogP contribution is -2.02. The first-order valence-electron chi connectivity index (χ1n) is 9.10. The third-order valence-corrected chi connectivity index (χ3v) is 5.00. The molecule has 4 heterocycles. The highest BCUT2D eigenvalue weighted by molar-refractivity contribution is 5.93. The second-order valence-corrected chi connectivity index (χ2v) is 6.72. The molecule has 5 aromatic rings. The Morgan fingerprint density at radius 2 is 1.89 bits per heavy atom. The van der Waals surface area contributed by atoms with E-state index in [9.17, 15) is 0 Å². The molecule has 0 unspecified atom stereocenters. The van der Waals surface area contributed by atoms with Crippen LogP contribution in [0.2, 0.25) is 0 Å². The van der Waals surface area contributed by atoms with Crippen molar-refractivity contribution in [3.05, 3.63) is 77.9 Å². The first-order valence-corrected chi connectivity index (χ1v) is 9.10. The molecule has 0 spiro atoms. The van der Waals surface area contributed by atoms with E-state index in [1.807, 2.05) is 42.5 Å². The number of hydrogen-bond acceptors (Lipinski definition) is 5. The van der Waals surface area contributed by atoms with Crippen molar-refractivity contribution in [2.45, 2.75) is 27.0 Å². The van der Waals surface area contributed by atoms with E-state index in [0.29, 0.717) is 19.0 Å². The smallest absolute Gasteiger partial charge is 0.189 e. The Morgan fingerprint density at radius 1 is 1.04 bits per heavy atom. The highest BCUT2D eigenvalue weighted by Crippen LogP contribution is 2.27. The molecule has 0 atom stereocenters. The van der Waals surface area contributed by atoms with E-state index >= 15 is 0 Å². The average molecular weight is 373 g/mol. The molecule has 0 amide bonds. The largest absolute Gasteiger partial charge is 0.486 e. The van der Waals surface area contributed by atoms with E-state index in [0.717, 1.165) is 39.4 Å². The molecule has 0 saturated carbocycles. The van der Waals surface area contributed by atoms with Crippen molar-refractivity contribution in [2.75, 3.05) is 0 Å². The molecule has 0 aliphatic heterocycles. The number of nitrogens with zero attached hydrogens (tertiary/aromatic N) is 5. The highest BCUT2D eigenvalue weighted by atomic mass is 16.5. The number of benzene rings is 1. The number of hydrogen-bond donors (Lipinski definition) is 0. The summed E-state index contributed by atoms with van der Waals surface area (Å²) in [5.74, 6) is 2.30. The molecule has 0 aliphatic rings. The number of fused-ring (bicyclic) bond motifs is 3. The lowest BCUT2D eigenvalue weighted by atomic mass is 10.2. The zero-order chi connectivity index (χ0) is 19.1. The summed E-state index contributed by atoms with van der Waals surface area (Å²) in [6, 6.07) is 13.5. The van der Waals surface area contributed by atoms with Gasteiger partial charge in [0.25, 0.3) is 0 Å². The van der Waals surface area contributed by atoms with Gasteiger partial charge < -0.3 is 13.7 Å². The van der Waals surface area contributed by atoms with Crippen LogP contribution in [0.5, 0.6) is 5.75 Å². The first kappa shape index (κ1) is 16.6. The monoisotopic (exact) mass is 373 g/mol. The Kier molecular flexibility index (Phi) is 3.86. The number of aromatic nitrogens is 5. The summed E-state index contributed by atoms with van der Waals surface area (Å²) in [5.41, 5.74) is 3.94. The second-order valence-electron chi connectivity index (χ2n) is 6.72. The molecule has 7 nitrogen and oxygen atoms in total. The van der Waals surface area contributed by atoms with E-state index in [-0.39, 0.29) is 0 Å². The van der Waals surface area contributed by atoms with Crippen molar-refractivity contribution in [2.24, 2.45) is 0 Å². The Bertz CT molecular complexity index is 1250. The topological polar surface area (TPSA) is 70.4 Å². The molecule has 140 valence electrons. The molecule has 0 N–H and O–H groups in total. The summed E-state index contributed by atoms with van der Waals surface area (Å²) in [6.45, 7) is 5.11. The molecule has 0 fully saturated rings. The highest BCUT2D eigenvalue weighted by Gasteiger charge is 2.18. The van der Waals surface area contributed by atoms with E-state index in [1.54, 1.807) is 17.1 Å². The normalized spacial score (nSPS) is 11.5. The van der Waals surface area contributed by atoms with Gasteiger partial charge in [0.05, 0.1) is 18.2 Å². The minimum Gasteiger partial charge on any atom is -0.486 e. The SMILES string of the molecule is Cc1c(C)n(Cc2ccco2)c2ncn3nc(COc4ccccc4)nc3c12. The fourth-order valence-corrected chi connectivity index (χ4v) is 3.45. The number of rotatable bonds is 5. The minimum atomic E-state index is 0.304. The summed E-state index contributed by atoms with van der Waals surface area (Å²) in [5, 5.41) is 5.53. The van der Waals surface area contributed by atoms with Crippen molar-refractivity contribution in [1.82, 2.24) is 24.1 Å². The van der Waals surface area contributed by atoms with Crippen molar-refractivity contribution < 1.29 is 9.15 Å². The molecule has 1 aromatic carbocycles. The van der Waals surface area contributed by atoms with Crippen LogP contribution >= 0.6 is 0 Å². The number of para-hydroxylation sites is 1. The van der Waals surface area contributed by atoms with Gasteiger partial charge in [-0.05, 0) is 43.7 Å². The lowest BCUT2D eigenvalue weighted by molar-refractivity contribution is 0.296. The van der Waals surface area contributed by atoms with Gasteiger partial charge in [0.2, 0.25) is 0 Å². The molecule has 28 heavy (non-hydrogen) atoms. The van der Waals surface area contributed by atoms with E-state index in [1.165, 1.54) is 0 Å². The molecule has 0 aliphatic carbocycles. The Hall–Kier alpha value is -3.61. The molecule has 5 rings (SSSR count). The van der Waals surface area contributed by atoms with Gasteiger partial charge in [0, 0.05) is 5.69 Å². The van der Waals surface area contributed by atoms with Gasteiger partial charge in [-0.3, -0.25) is 0 Å². The van der Waals surface area contributed by atoms with Gasteiger partial charge in [-0.2, -0.15) is 0 Å². The summed E-state index contributed by atoms with van der Waals surface area (Å²) >= 11 is 0. The number of aryl methyl sites for hydroxylation is 1. The van der Waals surface area contributed by atoms with E-state index in [2.05, 4.69) is 28.5 Å². The summed E-state index contributed by atoms with van der Waals surface area (Å²) in [6.07, 6.45) is 3.39. The zero-order valence-electron chi connectivity index (χ0n) is 15.7. The standard InChI is InChI=1S/C21H19N5O2/c1-14-15(2)25(11-17-9-6-10-27-17)20-19(14)21-23-18(24-26(21)13-22-20)12-28-16-7-4-3-5-8-16/h3-10,13H,11-12H2,1-2H3. The maximum Gasteiger partial charge on any atom is 0.189 e. The van der Waals surface area contributed by atoms with Crippen LogP contribution in [0.15, 0.2) is 59.5 Å². The Morgan fingerprint density at radius 3 is 2.68 bits per heavy atom. The van der Waals surface area contributed by atoms with Crippen LogP contribution in [0, 0.1) is 13.8 Å². The lowest BCUT2D eigenvalue weighted by Gasteiger charge is -2.05. The molecule has 4 aromatic heterocycles. The summed E-state index contributed by atoms with van der Waals surface area (Å²) < 4.78 is 15.2. The van der Waals surface area contributed by atoms with E-state index < -0.39 is 0 Å². The van der Waals surface area contributed by atoms with Crippen LogP contribution in [0.25, 0.3) is 16.7 Å². The summed E-state index contributed by atoms with van der Waals surface area (Å²) in [7, 11) is 0. The average Bonchev–Trinajstić information content (AvgIpc) is 3.43. The van der Waals surface area contributed by atoms with Crippen LogP contribution in [-0.4, -0.2) is 24.1 Å². The van der Waals surface area contributed by atoms with Crippen LogP contribution in [0.3, 0.4) is 0 Å². The maximum absolute atomic E-state index is 5.79. The predicted octanol–water partition coefficient (Wildman–Crippen LogP) is 3.92. The molecule has 0 radical (unpaired) electrons. The van der Waals surface area contributed by atoms with Gasteiger partial charge in [-0.1, -0.05) is 18.2 Å². The van der Waals surface area contributed by atoms with Gasteiger partial charge in [-0.15, -0.1) is 5.10 Å². The molecule has 0 saturated heterocycles. The van der Waals surface area contributed by atoms with Crippen molar-refractivity contribution in [3.8, 4) is 5.75 Å². The van der Waals surface area contributed by atoms with Crippen LogP contribution < -0.4 is 4.74 Å². The fourth-order valence-electron chi connectivity index (χ4n) is 3.45. The van der Waals surface area contributed by atoms with Crippen molar-refractivity contribution in [3.63, 3.8) is 0 Å². The van der Waals surface area contributed by atoms with E-state index in [4.69, 9.17) is 14.1 Å². The molecular formula is C21H19N5O2. The Labute approximate surface area is 161 Å². The fraction of sp³-hybridized carbons (Fsp3) is 0.190. The summed E-state index contributed by atoms with van der Waals surface area (Å²) in [4.78, 5) is 9.36. The van der Waals surface area contributed by atoms with Crippen molar-refractivity contribution in [1.29, 1.82) is 0 Å². The van der Waals surface area contributed by atoms with Crippen LogP contribution in [-0.2, 0) is 13.2 Å². The molecular weight excluding hydrogens is 354 g/mol. The predicted molar refractivity (Wildman–Crippen MR) is 104 cm³/mol. The quantitative estimate of drug-likeness (QED) is 0.467. The molecule has 0 bridgehead atoms.